The van der Waals surface area contributed by atoms with Crippen molar-refractivity contribution >= 4 is 33.2 Å². The van der Waals surface area contributed by atoms with Crippen molar-refractivity contribution < 1.29 is 22.7 Å². The number of halogens is 1. The number of rotatable bonds is 4. The van der Waals surface area contributed by atoms with Gasteiger partial charge in [0.05, 0.1) is 15.5 Å². The van der Waals surface area contributed by atoms with Crippen LogP contribution < -0.4 is 4.74 Å². The van der Waals surface area contributed by atoms with Gasteiger partial charge in [-0.3, -0.25) is 4.79 Å². The third-order valence-electron chi connectivity index (χ3n) is 3.02. The standard InChI is InChI=1S/C16H13ClO5S/c1-10(18)11-4-3-5-13(8-11)22-16(19)12-6-7-14(17)15(9-12)23(2,20)21/h3-9H,1-2H3. The molecular weight excluding hydrogens is 340 g/mol. The summed E-state index contributed by atoms with van der Waals surface area (Å²) in [5, 5.41) is 0.0302. The molecular formula is C16H13ClO5S. The minimum absolute atomic E-state index is 0.0302. The van der Waals surface area contributed by atoms with Crippen molar-refractivity contribution in [3.8, 4) is 5.75 Å². The second-order valence-corrected chi connectivity index (χ2v) is 7.28. The summed E-state index contributed by atoms with van der Waals surface area (Å²) in [6, 6.07) is 10.0. The number of hydrogen-bond donors (Lipinski definition) is 0. The molecule has 23 heavy (non-hydrogen) atoms. The summed E-state index contributed by atoms with van der Waals surface area (Å²) < 4.78 is 28.4. The zero-order valence-electron chi connectivity index (χ0n) is 12.4. The lowest BCUT2D eigenvalue weighted by molar-refractivity contribution is 0.0733. The fraction of sp³-hybridized carbons (Fsp3) is 0.125. The highest BCUT2D eigenvalue weighted by Gasteiger charge is 2.17. The monoisotopic (exact) mass is 352 g/mol. The van der Waals surface area contributed by atoms with Crippen molar-refractivity contribution in [3.05, 3.63) is 58.6 Å². The second kappa shape index (κ2) is 6.52. The van der Waals surface area contributed by atoms with Crippen molar-refractivity contribution in [1.29, 1.82) is 0 Å². The van der Waals surface area contributed by atoms with Gasteiger partial charge in [0.2, 0.25) is 0 Å². The molecule has 0 saturated carbocycles. The fourth-order valence-electron chi connectivity index (χ4n) is 1.86. The fourth-order valence-corrected chi connectivity index (χ4v) is 3.16. The van der Waals surface area contributed by atoms with E-state index in [9.17, 15) is 18.0 Å². The number of carbonyl (C=O) groups excluding carboxylic acids is 2. The molecule has 0 fully saturated rings. The van der Waals surface area contributed by atoms with E-state index < -0.39 is 15.8 Å². The Balaban J connectivity index is 2.32. The molecule has 0 aromatic heterocycles. The number of ether oxygens (including phenoxy) is 1. The molecule has 0 N–H and O–H groups in total. The van der Waals surface area contributed by atoms with Crippen LogP contribution in [0, 0.1) is 0 Å². The van der Waals surface area contributed by atoms with Gasteiger partial charge in [-0.05, 0) is 37.3 Å². The van der Waals surface area contributed by atoms with Gasteiger partial charge in [-0.15, -0.1) is 0 Å². The van der Waals surface area contributed by atoms with E-state index >= 15 is 0 Å². The normalized spacial score (nSPS) is 11.1. The first kappa shape index (κ1) is 17.2. The first-order valence-corrected chi connectivity index (χ1v) is 8.78. The molecule has 0 amide bonds. The lowest BCUT2D eigenvalue weighted by Crippen LogP contribution is -2.10. The van der Waals surface area contributed by atoms with Gasteiger partial charge in [-0.1, -0.05) is 23.7 Å². The third kappa shape index (κ3) is 4.18. The topological polar surface area (TPSA) is 77.5 Å². The van der Waals surface area contributed by atoms with Crippen LogP contribution in [0.1, 0.15) is 27.6 Å². The number of Topliss-reactive ketones (excluding diaryl/α,β-unsaturated/α-hetero) is 1. The van der Waals surface area contributed by atoms with E-state index in [-0.39, 0.29) is 27.0 Å². The van der Waals surface area contributed by atoms with Crippen LogP contribution in [0.5, 0.6) is 5.75 Å². The van der Waals surface area contributed by atoms with Crippen molar-refractivity contribution in [3.63, 3.8) is 0 Å². The van der Waals surface area contributed by atoms with Gasteiger partial charge >= 0.3 is 5.97 Å². The maximum Gasteiger partial charge on any atom is 0.343 e. The Kier molecular flexibility index (Phi) is 4.87. The van der Waals surface area contributed by atoms with Gasteiger partial charge in [0.1, 0.15) is 5.75 Å². The molecule has 0 bridgehead atoms. The summed E-state index contributed by atoms with van der Waals surface area (Å²) in [7, 11) is -3.56. The number of hydrogen-bond acceptors (Lipinski definition) is 5. The number of esters is 1. The van der Waals surface area contributed by atoms with Crippen LogP contribution >= 0.6 is 11.6 Å². The molecule has 2 rings (SSSR count). The second-order valence-electron chi connectivity index (χ2n) is 4.89. The van der Waals surface area contributed by atoms with E-state index in [0.29, 0.717) is 5.56 Å². The minimum Gasteiger partial charge on any atom is -0.423 e. The molecule has 5 nitrogen and oxygen atoms in total. The lowest BCUT2D eigenvalue weighted by atomic mass is 10.1. The summed E-state index contributed by atoms with van der Waals surface area (Å²) in [6.07, 6.45) is 1.000. The van der Waals surface area contributed by atoms with Gasteiger partial charge < -0.3 is 4.74 Å². The summed E-state index contributed by atoms with van der Waals surface area (Å²) >= 11 is 5.83. The van der Waals surface area contributed by atoms with Gasteiger partial charge in [0.15, 0.2) is 15.6 Å². The molecule has 2 aromatic carbocycles. The van der Waals surface area contributed by atoms with Gasteiger partial charge in [0.25, 0.3) is 0 Å². The maximum absolute atomic E-state index is 12.1. The smallest absolute Gasteiger partial charge is 0.343 e. The summed E-state index contributed by atoms with van der Waals surface area (Å²) in [5.74, 6) is -0.709. The molecule has 0 aliphatic heterocycles. The Labute approximate surface area is 138 Å². The van der Waals surface area contributed by atoms with Crippen LogP contribution in [-0.2, 0) is 9.84 Å². The average Bonchev–Trinajstić information content (AvgIpc) is 2.46. The van der Waals surface area contributed by atoms with E-state index in [4.69, 9.17) is 16.3 Å². The molecule has 0 unspecified atom stereocenters. The third-order valence-corrected chi connectivity index (χ3v) is 4.60. The number of sulfone groups is 1. The lowest BCUT2D eigenvalue weighted by Gasteiger charge is -2.07. The Morgan fingerprint density at radius 2 is 1.74 bits per heavy atom. The summed E-state index contributed by atoms with van der Waals surface area (Å²) in [4.78, 5) is 23.3. The predicted molar refractivity (Wildman–Crippen MR) is 86.0 cm³/mol. The molecule has 120 valence electrons. The molecule has 0 heterocycles. The van der Waals surface area contributed by atoms with Crippen LogP contribution in [0.4, 0.5) is 0 Å². The molecule has 0 saturated heterocycles. The Bertz CT molecular complexity index is 887. The average molecular weight is 353 g/mol. The molecule has 0 radical (unpaired) electrons. The van der Waals surface area contributed by atoms with Crippen LogP contribution in [0.15, 0.2) is 47.4 Å². The zero-order chi connectivity index (χ0) is 17.2. The molecule has 2 aromatic rings. The molecule has 0 aliphatic carbocycles. The van der Waals surface area contributed by atoms with Crippen molar-refractivity contribution in [1.82, 2.24) is 0 Å². The van der Waals surface area contributed by atoms with E-state index in [1.165, 1.54) is 31.2 Å². The van der Waals surface area contributed by atoms with Gasteiger partial charge in [0, 0.05) is 11.8 Å². The first-order valence-electron chi connectivity index (χ1n) is 6.51. The Morgan fingerprint density at radius 1 is 1.04 bits per heavy atom. The van der Waals surface area contributed by atoms with Crippen LogP contribution in [0.3, 0.4) is 0 Å². The predicted octanol–water partition coefficient (Wildman–Crippen LogP) is 3.17. The van der Waals surface area contributed by atoms with Crippen molar-refractivity contribution in [2.45, 2.75) is 11.8 Å². The Hall–Kier alpha value is -2.18. The zero-order valence-corrected chi connectivity index (χ0v) is 13.9. The van der Waals surface area contributed by atoms with E-state index in [1.54, 1.807) is 12.1 Å². The largest absolute Gasteiger partial charge is 0.423 e. The van der Waals surface area contributed by atoms with Crippen LogP contribution in [0.25, 0.3) is 0 Å². The summed E-state index contributed by atoms with van der Waals surface area (Å²) in [5.41, 5.74) is 0.450. The first-order chi connectivity index (χ1) is 10.7. The molecule has 0 atom stereocenters. The van der Waals surface area contributed by atoms with Gasteiger partial charge in [-0.2, -0.15) is 0 Å². The molecule has 7 heteroatoms. The van der Waals surface area contributed by atoms with Crippen LogP contribution in [0.2, 0.25) is 5.02 Å². The van der Waals surface area contributed by atoms with Crippen molar-refractivity contribution in [2.75, 3.05) is 6.26 Å². The number of ketones is 1. The quantitative estimate of drug-likeness (QED) is 0.480. The van der Waals surface area contributed by atoms with Crippen molar-refractivity contribution in [2.24, 2.45) is 0 Å². The summed E-state index contributed by atoms with van der Waals surface area (Å²) in [6.45, 7) is 1.40. The minimum atomic E-state index is -3.56. The molecule has 0 spiro atoms. The van der Waals surface area contributed by atoms with E-state index in [2.05, 4.69) is 0 Å². The Morgan fingerprint density at radius 3 is 2.35 bits per heavy atom. The van der Waals surface area contributed by atoms with E-state index in [1.807, 2.05) is 0 Å². The highest BCUT2D eigenvalue weighted by atomic mass is 35.5. The van der Waals surface area contributed by atoms with E-state index in [0.717, 1.165) is 12.3 Å². The SMILES string of the molecule is CC(=O)c1cccc(OC(=O)c2ccc(Cl)c(S(C)(=O)=O)c2)c1. The maximum atomic E-state index is 12.1. The highest BCUT2D eigenvalue weighted by Crippen LogP contribution is 2.23. The highest BCUT2D eigenvalue weighted by molar-refractivity contribution is 7.90. The molecule has 0 aliphatic rings. The number of benzene rings is 2. The van der Waals surface area contributed by atoms with Gasteiger partial charge in [-0.25, -0.2) is 13.2 Å². The number of carbonyl (C=O) groups is 2. The van der Waals surface area contributed by atoms with Crippen LogP contribution in [-0.4, -0.2) is 26.4 Å².